The first-order valence-corrected chi connectivity index (χ1v) is 6.51. The van der Waals surface area contributed by atoms with Gasteiger partial charge in [-0.2, -0.15) is 4.98 Å². The van der Waals surface area contributed by atoms with Crippen molar-refractivity contribution in [2.24, 2.45) is 0 Å². The van der Waals surface area contributed by atoms with E-state index in [2.05, 4.69) is 10.1 Å². The van der Waals surface area contributed by atoms with Crippen LogP contribution in [0.3, 0.4) is 0 Å². The Hall–Kier alpha value is -1.79. The van der Waals surface area contributed by atoms with Crippen LogP contribution in [-0.2, 0) is 4.74 Å². The highest BCUT2D eigenvalue weighted by Gasteiger charge is 2.30. The molecule has 1 saturated heterocycles. The van der Waals surface area contributed by atoms with Crippen molar-refractivity contribution < 1.29 is 18.8 Å². The molecule has 1 aliphatic rings. The molecule has 2 heterocycles. The fourth-order valence-corrected chi connectivity index (χ4v) is 2.34. The second kappa shape index (κ2) is 5.30. The monoisotopic (exact) mass is 278 g/mol. The van der Waals surface area contributed by atoms with Crippen LogP contribution in [0.5, 0.6) is 0 Å². The molecule has 0 amide bonds. The molecule has 1 aromatic heterocycles. The van der Waals surface area contributed by atoms with Gasteiger partial charge in [0.2, 0.25) is 11.7 Å². The lowest BCUT2D eigenvalue weighted by molar-refractivity contribution is -0.0149. The number of halogens is 1. The first-order chi connectivity index (χ1) is 9.65. The largest absolute Gasteiger partial charge is 0.392 e. The van der Waals surface area contributed by atoms with E-state index >= 15 is 0 Å². The minimum absolute atomic E-state index is 0.300. The van der Waals surface area contributed by atoms with Crippen molar-refractivity contribution >= 4 is 0 Å². The highest BCUT2D eigenvalue weighted by molar-refractivity contribution is 5.59. The number of aliphatic hydroxyl groups excluding tert-OH is 1. The van der Waals surface area contributed by atoms with Gasteiger partial charge in [0.25, 0.3) is 0 Å². The number of nitrogens with zero attached hydrogens (tertiary/aromatic N) is 2. The lowest BCUT2D eigenvalue weighted by Crippen LogP contribution is -2.30. The molecular weight excluding hydrogens is 263 g/mol. The molecule has 6 heteroatoms. The van der Waals surface area contributed by atoms with Gasteiger partial charge < -0.3 is 14.4 Å². The zero-order valence-electron chi connectivity index (χ0n) is 11.0. The minimum Gasteiger partial charge on any atom is -0.392 e. The van der Waals surface area contributed by atoms with Crippen LogP contribution in [0, 0.1) is 12.7 Å². The first kappa shape index (κ1) is 13.2. The van der Waals surface area contributed by atoms with E-state index in [1.165, 1.54) is 12.1 Å². The number of rotatable bonds is 2. The normalized spacial score (nSPS) is 22.9. The van der Waals surface area contributed by atoms with E-state index < -0.39 is 6.10 Å². The molecule has 1 aromatic carbocycles. The van der Waals surface area contributed by atoms with E-state index in [1.54, 1.807) is 13.0 Å². The Morgan fingerprint density at radius 2 is 2.25 bits per heavy atom. The summed E-state index contributed by atoms with van der Waals surface area (Å²) in [4.78, 5) is 4.30. The number of aliphatic hydroxyl groups is 1. The van der Waals surface area contributed by atoms with Gasteiger partial charge in [-0.3, -0.25) is 0 Å². The van der Waals surface area contributed by atoms with Crippen molar-refractivity contribution in [2.75, 3.05) is 13.2 Å². The molecule has 0 bridgehead atoms. The molecule has 106 valence electrons. The summed E-state index contributed by atoms with van der Waals surface area (Å²) in [5, 5.41) is 13.8. The molecule has 0 aliphatic carbocycles. The summed E-state index contributed by atoms with van der Waals surface area (Å²) < 4.78 is 23.6. The molecular formula is C14H15FN2O3. The van der Waals surface area contributed by atoms with Crippen molar-refractivity contribution in [1.82, 2.24) is 10.1 Å². The Morgan fingerprint density at radius 3 is 3.00 bits per heavy atom. The van der Waals surface area contributed by atoms with Gasteiger partial charge in [-0.25, -0.2) is 4.39 Å². The summed E-state index contributed by atoms with van der Waals surface area (Å²) in [6.07, 6.45) is 0.0178. The fraction of sp³-hybridized carbons (Fsp3) is 0.429. The minimum atomic E-state index is -0.536. The quantitative estimate of drug-likeness (QED) is 0.910. The predicted molar refractivity (Wildman–Crippen MR) is 68.6 cm³/mol. The SMILES string of the molecule is Cc1cc(F)ccc1-c1noc(C2COCCC2O)n1. The number of aromatic nitrogens is 2. The van der Waals surface area contributed by atoms with Crippen LogP contribution in [0.25, 0.3) is 11.4 Å². The average Bonchev–Trinajstić information content (AvgIpc) is 2.88. The van der Waals surface area contributed by atoms with Gasteiger partial charge in [-0.05, 0) is 37.1 Å². The Labute approximate surface area is 115 Å². The topological polar surface area (TPSA) is 68.4 Å². The molecule has 2 atom stereocenters. The van der Waals surface area contributed by atoms with Gasteiger partial charge >= 0.3 is 0 Å². The number of hydrogen-bond donors (Lipinski definition) is 1. The second-order valence-corrected chi connectivity index (χ2v) is 4.95. The number of ether oxygens (including phenoxy) is 1. The van der Waals surface area contributed by atoms with Gasteiger partial charge in [0, 0.05) is 12.2 Å². The van der Waals surface area contributed by atoms with Crippen LogP contribution in [0.2, 0.25) is 0 Å². The van der Waals surface area contributed by atoms with Crippen molar-refractivity contribution in [1.29, 1.82) is 0 Å². The van der Waals surface area contributed by atoms with Crippen LogP contribution in [0.15, 0.2) is 22.7 Å². The number of hydrogen-bond acceptors (Lipinski definition) is 5. The summed E-state index contributed by atoms with van der Waals surface area (Å²) in [5.41, 5.74) is 1.45. The molecule has 1 aliphatic heterocycles. The van der Waals surface area contributed by atoms with Crippen LogP contribution in [0.4, 0.5) is 4.39 Å². The third kappa shape index (κ3) is 2.44. The highest BCUT2D eigenvalue weighted by Crippen LogP contribution is 2.27. The van der Waals surface area contributed by atoms with Crippen molar-refractivity contribution in [2.45, 2.75) is 25.4 Å². The summed E-state index contributed by atoms with van der Waals surface area (Å²) in [6, 6.07) is 4.40. The van der Waals surface area contributed by atoms with E-state index in [-0.39, 0.29) is 11.7 Å². The van der Waals surface area contributed by atoms with Crippen LogP contribution in [0.1, 0.15) is 23.8 Å². The molecule has 1 fully saturated rings. The number of benzene rings is 1. The third-order valence-electron chi connectivity index (χ3n) is 3.51. The molecule has 2 unspecified atom stereocenters. The second-order valence-electron chi connectivity index (χ2n) is 4.95. The summed E-state index contributed by atoms with van der Waals surface area (Å²) in [6.45, 7) is 2.69. The Bertz CT molecular complexity index is 614. The Balaban J connectivity index is 1.89. The van der Waals surface area contributed by atoms with Crippen molar-refractivity contribution in [3.63, 3.8) is 0 Å². The van der Waals surface area contributed by atoms with Gasteiger partial charge in [0.1, 0.15) is 5.82 Å². The molecule has 5 nitrogen and oxygen atoms in total. The molecule has 0 spiro atoms. The van der Waals surface area contributed by atoms with Gasteiger partial charge in [0.05, 0.1) is 18.6 Å². The number of aryl methyl sites for hydroxylation is 1. The lowest BCUT2D eigenvalue weighted by Gasteiger charge is -2.24. The van der Waals surface area contributed by atoms with Crippen molar-refractivity contribution in [3.8, 4) is 11.4 Å². The summed E-state index contributed by atoms with van der Waals surface area (Å²) in [5.74, 6) is 0.156. The van der Waals surface area contributed by atoms with E-state index in [0.29, 0.717) is 36.9 Å². The maximum absolute atomic E-state index is 13.1. The van der Waals surface area contributed by atoms with Gasteiger partial charge in [-0.1, -0.05) is 5.16 Å². The zero-order chi connectivity index (χ0) is 14.1. The molecule has 1 N–H and O–H groups in total. The average molecular weight is 278 g/mol. The van der Waals surface area contributed by atoms with Crippen LogP contribution < -0.4 is 0 Å². The van der Waals surface area contributed by atoms with E-state index in [4.69, 9.17) is 9.26 Å². The molecule has 2 aromatic rings. The van der Waals surface area contributed by atoms with Crippen LogP contribution in [-0.4, -0.2) is 34.6 Å². The zero-order valence-corrected chi connectivity index (χ0v) is 11.0. The van der Waals surface area contributed by atoms with Gasteiger partial charge in [0.15, 0.2) is 0 Å². The first-order valence-electron chi connectivity index (χ1n) is 6.51. The van der Waals surface area contributed by atoms with E-state index in [0.717, 1.165) is 5.56 Å². The van der Waals surface area contributed by atoms with Crippen molar-refractivity contribution in [3.05, 3.63) is 35.5 Å². The maximum Gasteiger partial charge on any atom is 0.235 e. The standard InChI is InChI=1S/C14H15FN2O3/c1-8-6-9(15)2-3-10(8)13-16-14(20-17-13)11-7-19-5-4-12(11)18/h2-3,6,11-12,18H,4-5,7H2,1H3. The van der Waals surface area contributed by atoms with E-state index in [9.17, 15) is 9.50 Å². The molecule has 3 rings (SSSR count). The smallest absolute Gasteiger partial charge is 0.235 e. The molecule has 0 radical (unpaired) electrons. The predicted octanol–water partition coefficient (Wildman–Crippen LogP) is 2.05. The van der Waals surface area contributed by atoms with E-state index in [1.807, 2.05) is 0 Å². The van der Waals surface area contributed by atoms with Crippen LogP contribution >= 0.6 is 0 Å². The Morgan fingerprint density at radius 1 is 1.40 bits per heavy atom. The summed E-state index contributed by atoms with van der Waals surface area (Å²) >= 11 is 0. The molecule has 20 heavy (non-hydrogen) atoms. The third-order valence-corrected chi connectivity index (χ3v) is 3.51. The van der Waals surface area contributed by atoms with Gasteiger partial charge in [-0.15, -0.1) is 0 Å². The fourth-order valence-electron chi connectivity index (χ4n) is 2.34. The molecule has 0 saturated carbocycles. The maximum atomic E-state index is 13.1. The summed E-state index contributed by atoms with van der Waals surface area (Å²) in [7, 11) is 0. The highest BCUT2D eigenvalue weighted by atomic mass is 19.1. The Kier molecular flexibility index (Phi) is 3.50. The lowest BCUT2D eigenvalue weighted by atomic mass is 9.99.